The molecule has 11 N–H and O–H groups in total. The SMILES string of the molecule is CC.CC.CC.CC.CC.CC.CC.CC.CC.CC.CC.CC.CC.CC.CC.CC.CC.CC(=O)n1ccc2cc(Br)ccc21.CC(=O)n1ccc2ccccc21.CCC.CCC.CCC.CCC.CS(N)(=O)=O.CS(N)(=O)=O.CS(N)(=O)=O.N.O=C(O)Cn1ccc2cc(Br)ccc21.O=C(O)Cn1ccc2ccccc21. The fourth-order valence-corrected chi connectivity index (χ4v) is 6.38. The minimum Gasteiger partial charge on any atom is -0.480 e. The maximum absolute atomic E-state index is 11.2. The minimum absolute atomic E-state index is 0. The monoisotopic (exact) mass is 1810 g/mol. The number of carboxylic acid groups (broad SMARTS) is 2. The number of aromatic nitrogens is 4. The predicted octanol–water partition coefficient (Wildman–Crippen LogP) is 29.6. The van der Waals surface area contributed by atoms with Gasteiger partial charge in [-0.3, -0.25) is 28.3 Å². The number of primary sulfonamides is 3. The number of fused-ring (bicyclic) bond motifs is 4. The highest BCUT2D eigenvalue weighted by Crippen LogP contribution is 2.22. The van der Waals surface area contributed by atoms with Crippen LogP contribution in [0.25, 0.3) is 43.6 Å². The summed E-state index contributed by atoms with van der Waals surface area (Å²) in [5.74, 6) is -1.56. The zero-order valence-electron chi connectivity index (χ0n) is 82.1. The van der Waals surface area contributed by atoms with Crippen molar-refractivity contribution in [2.45, 2.75) is 343 Å². The molecular formula is C89H186Br2N8O12S3. The molecule has 25 heteroatoms. The van der Waals surface area contributed by atoms with Crippen molar-refractivity contribution in [3.8, 4) is 0 Å². The van der Waals surface area contributed by atoms with Crippen molar-refractivity contribution >= 4 is 129 Å². The lowest BCUT2D eigenvalue weighted by Gasteiger charge is -2.00. The van der Waals surface area contributed by atoms with Gasteiger partial charge in [-0.15, -0.1) is 0 Å². The van der Waals surface area contributed by atoms with E-state index in [1.165, 1.54) is 25.7 Å². The van der Waals surface area contributed by atoms with Gasteiger partial charge in [0.15, 0.2) is 0 Å². The fraction of sp³-hybridized carbons (Fsp3) is 0.596. The van der Waals surface area contributed by atoms with E-state index in [9.17, 15) is 44.4 Å². The molecule has 114 heavy (non-hydrogen) atoms. The average Bonchev–Trinajstić information content (AvgIpc) is 1.71. The Morgan fingerprint density at radius 1 is 0.307 bits per heavy atom. The van der Waals surface area contributed by atoms with Gasteiger partial charge < -0.3 is 25.5 Å². The highest BCUT2D eigenvalue weighted by Gasteiger charge is 2.06. The van der Waals surface area contributed by atoms with E-state index in [2.05, 4.69) is 103 Å². The van der Waals surface area contributed by atoms with E-state index < -0.39 is 42.0 Å². The van der Waals surface area contributed by atoms with E-state index in [1.54, 1.807) is 56.9 Å². The molecule has 0 fully saturated rings. The first-order valence-corrected chi connectivity index (χ1v) is 49.0. The highest BCUT2D eigenvalue weighted by atomic mass is 79.9. The van der Waals surface area contributed by atoms with Crippen LogP contribution in [0, 0.1) is 0 Å². The summed E-state index contributed by atoms with van der Waals surface area (Å²) in [7, 11) is -9.50. The van der Waals surface area contributed by atoms with Gasteiger partial charge in [-0.05, 0) is 78.2 Å². The molecule has 686 valence electrons. The molecule has 0 aliphatic carbocycles. The second-order valence-corrected chi connectivity index (χ2v) is 23.7. The summed E-state index contributed by atoms with van der Waals surface area (Å²) in [5.41, 5.74) is 3.83. The topological polar surface area (TPSA) is 344 Å². The van der Waals surface area contributed by atoms with Gasteiger partial charge in [-0.25, -0.2) is 40.7 Å². The van der Waals surface area contributed by atoms with Crippen LogP contribution in [-0.2, 0) is 52.7 Å². The number of benzene rings is 4. The Hall–Kier alpha value is -6.03. The summed E-state index contributed by atoms with van der Waals surface area (Å²) in [4.78, 5) is 43.3. The molecule has 8 rings (SSSR count). The van der Waals surface area contributed by atoms with Crippen LogP contribution in [0.15, 0.2) is 143 Å². The maximum atomic E-state index is 11.2. The van der Waals surface area contributed by atoms with Crippen molar-refractivity contribution in [1.29, 1.82) is 0 Å². The Labute approximate surface area is 723 Å². The van der Waals surface area contributed by atoms with Gasteiger partial charge in [0, 0.05) is 74.8 Å². The molecule has 0 radical (unpaired) electrons. The first-order valence-electron chi connectivity index (χ1n) is 41.6. The number of rotatable bonds is 4. The number of carboxylic acids is 2. The number of sulfonamides is 3. The van der Waals surface area contributed by atoms with Crippen molar-refractivity contribution in [2.24, 2.45) is 15.4 Å². The molecule has 0 aliphatic heterocycles. The van der Waals surface area contributed by atoms with Crippen LogP contribution in [0.3, 0.4) is 0 Å². The first-order chi connectivity index (χ1) is 53.6. The summed E-state index contributed by atoms with van der Waals surface area (Å²) in [6.07, 6.45) is 15.0. The second-order valence-electron chi connectivity index (χ2n) is 16.9. The summed E-state index contributed by atoms with van der Waals surface area (Å²) >= 11 is 6.75. The Morgan fingerprint density at radius 2 is 0.474 bits per heavy atom. The largest absolute Gasteiger partial charge is 0.480 e. The van der Waals surface area contributed by atoms with Gasteiger partial charge in [0.1, 0.15) is 13.1 Å². The number of hydrogen-bond acceptors (Lipinski definition) is 11. The summed E-state index contributed by atoms with van der Waals surface area (Å²) in [6, 6.07) is 34.9. The summed E-state index contributed by atoms with van der Waals surface area (Å²) < 4.78 is 65.2. The van der Waals surface area contributed by atoms with E-state index >= 15 is 0 Å². The summed E-state index contributed by atoms with van der Waals surface area (Å²) in [5, 5.41) is 34.6. The van der Waals surface area contributed by atoms with Crippen LogP contribution < -0.4 is 21.6 Å². The number of carbonyl (C=O) groups is 4. The van der Waals surface area contributed by atoms with Crippen molar-refractivity contribution in [3.05, 3.63) is 143 Å². The Bertz CT molecular complexity index is 3320. The van der Waals surface area contributed by atoms with Gasteiger partial charge in [-0.2, -0.15) is 0 Å². The molecule has 0 amide bonds. The molecule has 4 aromatic heterocycles. The maximum Gasteiger partial charge on any atom is 0.323 e. The molecular weight excluding hydrogens is 1630 g/mol. The molecule has 0 aliphatic rings. The number of halogens is 2. The van der Waals surface area contributed by atoms with E-state index in [4.69, 9.17) is 10.2 Å². The smallest absolute Gasteiger partial charge is 0.323 e. The molecule has 0 spiro atoms. The zero-order chi connectivity index (χ0) is 95.7. The molecule has 20 nitrogen and oxygen atoms in total. The fourth-order valence-electron chi connectivity index (χ4n) is 5.62. The molecule has 0 bridgehead atoms. The van der Waals surface area contributed by atoms with Crippen LogP contribution in [0.1, 0.15) is 340 Å². The lowest BCUT2D eigenvalue weighted by Crippen LogP contribution is -2.07. The molecule has 4 aromatic carbocycles. The molecule has 0 saturated heterocycles. The van der Waals surface area contributed by atoms with Gasteiger partial charge in [0.2, 0.25) is 41.9 Å². The van der Waals surface area contributed by atoms with Crippen LogP contribution in [0.2, 0.25) is 0 Å². The predicted molar refractivity (Wildman–Crippen MR) is 530 cm³/mol. The van der Waals surface area contributed by atoms with Gasteiger partial charge in [-0.1, -0.05) is 385 Å². The Kier molecular flexibility index (Phi) is 195. The number of hydrogen-bond donors (Lipinski definition) is 6. The van der Waals surface area contributed by atoms with Crippen LogP contribution >= 0.6 is 31.9 Å². The first kappa shape index (κ1) is 163. The molecule has 8 aromatic rings. The van der Waals surface area contributed by atoms with E-state index in [0.29, 0.717) is 0 Å². The molecule has 0 saturated carbocycles. The quantitative estimate of drug-likeness (QED) is 0.0955. The summed E-state index contributed by atoms with van der Waals surface area (Å²) in [6.45, 7) is 88.1. The molecule has 4 heterocycles. The number of carbonyl (C=O) groups excluding carboxylic acids is 2. The number of nitrogens with two attached hydrogens (primary N) is 3. The minimum atomic E-state index is -3.17. The third-order valence-corrected chi connectivity index (χ3v) is 8.94. The third kappa shape index (κ3) is 132. The number of aliphatic carboxylic acids is 2. The van der Waals surface area contributed by atoms with Crippen molar-refractivity contribution in [3.63, 3.8) is 0 Å². The third-order valence-electron chi connectivity index (χ3n) is 7.95. The Morgan fingerprint density at radius 3 is 0.711 bits per heavy atom. The molecule has 0 unspecified atom stereocenters. The van der Waals surface area contributed by atoms with Gasteiger partial charge in [0.25, 0.3) is 0 Å². The van der Waals surface area contributed by atoms with Crippen LogP contribution in [-0.4, -0.2) is 96.3 Å². The van der Waals surface area contributed by atoms with E-state index in [0.717, 1.165) is 71.3 Å². The second kappa shape index (κ2) is 136. The van der Waals surface area contributed by atoms with Gasteiger partial charge in [0.05, 0.1) is 29.8 Å². The standard InChI is InChI=1S/C10H8BrNO2.C10H8BrNO.C10H9NO2.C10H9NO.4C3H8.17C2H6.3CH5NO2S.H3N/c11-8-1-2-9-7(5-8)3-4-12(9)6-10(13)14;1-7(13)12-5-4-8-6-9(11)2-3-10(8)12;12-10(13)7-11-6-5-8-3-1-2-4-9(8)11;1-8(12)11-7-6-9-4-2-3-5-10(9)11;4*1-3-2;17*1-2;3*1-5(2,3)4;/h1-5H,6H2,(H,13,14);2-6H,1H3;1-6H,7H2,(H,12,13);2-7H,1H3;4*3H2,1-2H3;17*1-2H3;3*1H3,(H2,2,3,4);1H3. The van der Waals surface area contributed by atoms with Crippen LogP contribution in [0.4, 0.5) is 0 Å². The van der Waals surface area contributed by atoms with E-state index in [1.807, 2.05) is 345 Å². The van der Waals surface area contributed by atoms with Crippen LogP contribution in [0.5, 0.6) is 0 Å². The van der Waals surface area contributed by atoms with Gasteiger partial charge >= 0.3 is 11.9 Å². The Balaban J connectivity index is -0.0000000435. The lowest BCUT2D eigenvalue weighted by atomic mass is 10.2. The van der Waals surface area contributed by atoms with E-state index in [-0.39, 0.29) is 31.1 Å². The van der Waals surface area contributed by atoms with Crippen molar-refractivity contribution in [2.75, 3.05) is 18.8 Å². The number of para-hydroxylation sites is 2. The zero-order valence-corrected chi connectivity index (χ0v) is 87.8. The lowest BCUT2D eigenvalue weighted by molar-refractivity contribution is -0.138. The highest BCUT2D eigenvalue weighted by molar-refractivity contribution is 9.10. The van der Waals surface area contributed by atoms with Crippen molar-refractivity contribution in [1.82, 2.24) is 24.4 Å². The van der Waals surface area contributed by atoms with Crippen molar-refractivity contribution < 1.29 is 54.6 Å². The number of nitrogens with zero attached hydrogens (tertiary/aromatic N) is 4. The normalized spacial score (nSPS) is 7.86. The molecule has 0 atom stereocenters. The average molecular weight is 1820 g/mol.